The maximum atomic E-state index is 13.1. The molecule has 2 rings (SSSR count). The second kappa shape index (κ2) is 5.32. The van der Waals surface area contributed by atoms with Crippen molar-refractivity contribution >= 4 is 11.6 Å². The van der Waals surface area contributed by atoms with Gasteiger partial charge in [-0.2, -0.15) is 4.98 Å². The molecule has 106 valence electrons. The number of rotatable bonds is 2. The molecule has 0 atom stereocenters. The standard InChI is InChI=1S/C14H13ClF2N2O/c1-14(2,3)13-18-11(15)7-12(19-13)20-10-5-8(16)4-9(17)6-10/h4-7H,1-3H3. The summed E-state index contributed by atoms with van der Waals surface area (Å²) in [5, 5.41) is 0.205. The van der Waals surface area contributed by atoms with Gasteiger partial charge in [0.15, 0.2) is 0 Å². The summed E-state index contributed by atoms with van der Waals surface area (Å²) in [6.45, 7) is 5.76. The zero-order chi connectivity index (χ0) is 14.9. The fraction of sp³-hybridized carbons (Fsp3) is 0.286. The van der Waals surface area contributed by atoms with E-state index >= 15 is 0 Å². The molecular weight excluding hydrogens is 286 g/mol. The van der Waals surface area contributed by atoms with Gasteiger partial charge in [-0.15, -0.1) is 0 Å². The van der Waals surface area contributed by atoms with Crippen molar-refractivity contribution in [2.45, 2.75) is 26.2 Å². The molecule has 6 heteroatoms. The Morgan fingerprint density at radius 3 is 2.15 bits per heavy atom. The third-order valence-corrected chi connectivity index (χ3v) is 2.59. The Hall–Kier alpha value is -1.75. The molecule has 0 radical (unpaired) electrons. The molecule has 0 fully saturated rings. The van der Waals surface area contributed by atoms with E-state index in [9.17, 15) is 8.78 Å². The molecule has 0 aliphatic rings. The Morgan fingerprint density at radius 2 is 1.60 bits per heavy atom. The second-order valence-corrected chi connectivity index (χ2v) is 5.70. The van der Waals surface area contributed by atoms with Crippen LogP contribution < -0.4 is 4.74 Å². The minimum Gasteiger partial charge on any atom is -0.439 e. The van der Waals surface area contributed by atoms with Gasteiger partial charge in [-0.25, -0.2) is 13.8 Å². The predicted molar refractivity (Wildman–Crippen MR) is 72.2 cm³/mol. The number of benzene rings is 1. The first-order valence-corrected chi connectivity index (χ1v) is 6.31. The highest BCUT2D eigenvalue weighted by molar-refractivity contribution is 6.29. The lowest BCUT2D eigenvalue weighted by Gasteiger charge is -2.17. The molecule has 0 unspecified atom stereocenters. The topological polar surface area (TPSA) is 35.0 Å². The van der Waals surface area contributed by atoms with Gasteiger partial charge in [0.05, 0.1) is 0 Å². The van der Waals surface area contributed by atoms with Gasteiger partial charge in [0.25, 0.3) is 0 Å². The van der Waals surface area contributed by atoms with E-state index in [4.69, 9.17) is 16.3 Å². The van der Waals surface area contributed by atoms with E-state index in [2.05, 4.69) is 9.97 Å². The van der Waals surface area contributed by atoms with Crippen LogP contribution in [0.2, 0.25) is 5.15 Å². The van der Waals surface area contributed by atoms with Crippen LogP contribution in [0, 0.1) is 11.6 Å². The highest BCUT2D eigenvalue weighted by atomic mass is 35.5. The van der Waals surface area contributed by atoms with E-state index in [1.165, 1.54) is 6.07 Å². The lowest BCUT2D eigenvalue weighted by Crippen LogP contribution is -2.16. The summed E-state index contributed by atoms with van der Waals surface area (Å²) in [6.07, 6.45) is 0. The van der Waals surface area contributed by atoms with Crippen LogP contribution in [0.3, 0.4) is 0 Å². The van der Waals surface area contributed by atoms with Gasteiger partial charge in [-0.3, -0.25) is 0 Å². The largest absolute Gasteiger partial charge is 0.439 e. The van der Waals surface area contributed by atoms with Crippen molar-refractivity contribution < 1.29 is 13.5 Å². The molecule has 0 aliphatic heterocycles. The van der Waals surface area contributed by atoms with Crippen molar-refractivity contribution in [3.63, 3.8) is 0 Å². The molecule has 0 bridgehead atoms. The minimum absolute atomic E-state index is 0.0112. The van der Waals surface area contributed by atoms with Crippen molar-refractivity contribution in [1.82, 2.24) is 9.97 Å². The molecular formula is C14H13ClF2N2O. The molecule has 0 saturated carbocycles. The summed E-state index contributed by atoms with van der Waals surface area (Å²) in [5.74, 6) is -0.818. The van der Waals surface area contributed by atoms with Crippen LogP contribution >= 0.6 is 11.6 Å². The van der Waals surface area contributed by atoms with Gasteiger partial charge in [-0.1, -0.05) is 32.4 Å². The Morgan fingerprint density at radius 1 is 1.00 bits per heavy atom. The Kier molecular flexibility index (Phi) is 3.90. The van der Waals surface area contributed by atoms with Gasteiger partial charge >= 0.3 is 0 Å². The Labute approximate surface area is 120 Å². The molecule has 0 aliphatic carbocycles. The molecule has 0 spiro atoms. The van der Waals surface area contributed by atoms with Crippen molar-refractivity contribution in [3.05, 3.63) is 46.9 Å². The van der Waals surface area contributed by atoms with Crippen LogP contribution in [-0.4, -0.2) is 9.97 Å². The first-order chi connectivity index (χ1) is 9.24. The molecule has 20 heavy (non-hydrogen) atoms. The summed E-state index contributed by atoms with van der Waals surface area (Å²) < 4.78 is 31.5. The highest BCUT2D eigenvalue weighted by Gasteiger charge is 2.19. The molecule has 2 aromatic rings. The minimum atomic E-state index is -0.726. The van der Waals surface area contributed by atoms with Gasteiger partial charge in [0.2, 0.25) is 5.88 Å². The second-order valence-electron chi connectivity index (χ2n) is 5.31. The number of ether oxygens (including phenoxy) is 1. The van der Waals surface area contributed by atoms with Crippen LogP contribution in [0.25, 0.3) is 0 Å². The first kappa shape index (κ1) is 14.7. The summed E-state index contributed by atoms with van der Waals surface area (Å²) in [6, 6.07) is 4.28. The molecule has 0 amide bonds. The van der Waals surface area contributed by atoms with Gasteiger partial charge < -0.3 is 4.74 Å². The summed E-state index contributed by atoms with van der Waals surface area (Å²) in [7, 11) is 0. The number of aromatic nitrogens is 2. The SMILES string of the molecule is CC(C)(C)c1nc(Cl)cc(Oc2cc(F)cc(F)c2)n1. The van der Waals surface area contributed by atoms with E-state index in [1.54, 1.807) is 0 Å². The monoisotopic (exact) mass is 298 g/mol. The molecule has 1 heterocycles. The third-order valence-electron chi connectivity index (χ3n) is 2.40. The highest BCUT2D eigenvalue weighted by Crippen LogP contribution is 2.27. The fourth-order valence-electron chi connectivity index (χ4n) is 1.49. The van der Waals surface area contributed by atoms with Gasteiger partial charge in [0.1, 0.15) is 28.4 Å². The van der Waals surface area contributed by atoms with Crippen LogP contribution in [0.15, 0.2) is 24.3 Å². The normalized spacial score (nSPS) is 11.5. The fourth-order valence-corrected chi connectivity index (χ4v) is 1.67. The number of nitrogens with zero attached hydrogens (tertiary/aromatic N) is 2. The van der Waals surface area contributed by atoms with E-state index in [-0.39, 0.29) is 22.2 Å². The van der Waals surface area contributed by atoms with E-state index in [0.29, 0.717) is 5.82 Å². The van der Waals surface area contributed by atoms with E-state index in [1.807, 2.05) is 20.8 Å². The number of hydrogen-bond donors (Lipinski definition) is 0. The van der Waals surface area contributed by atoms with Crippen LogP contribution in [0.5, 0.6) is 11.6 Å². The van der Waals surface area contributed by atoms with Crippen molar-refractivity contribution in [2.75, 3.05) is 0 Å². The average Bonchev–Trinajstić information content (AvgIpc) is 2.25. The van der Waals surface area contributed by atoms with Crippen LogP contribution in [0.1, 0.15) is 26.6 Å². The first-order valence-electron chi connectivity index (χ1n) is 5.93. The third kappa shape index (κ3) is 3.63. The Bertz CT molecular complexity index is 621. The molecule has 0 N–H and O–H groups in total. The lowest BCUT2D eigenvalue weighted by molar-refractivity contribution is 0.437. The zero-order valence-electron chi connectivity index (χ0n) is 11.2. The molecule has 1 aromatic heterocycles. The van der Waals surface area contributed by atoms with E-state index < -0.39 is 11.6 Å². The maximum Gasteiger partial charge on any atom is 0.224 e. The van der Waals surface area contributed by atoms with Gasteiger partial charge in [0, 0.05) is 29.7 Å². The molecule has 0 saturated heterocycles. The van der Waals surface area contributed by atoms with Crippen LogP contribution in [-0.2, 0) is 5.41 Å². The smallest absolute Gasteiger partial charge is 0.224 e. The number of hydrogen-bond acceptors (Lipinski definition) is 3. The van der Waals surface area contributed by atoms with E-state index in [0.717, 1.165) is 18.2 Å². The summed E-state index contributed by atoms with van der Waals surface area (Å²) >= 11 is 5.91. The average molecular weight is 299 g/mol. The Balaban J connectivity index is 2.36. The summed E-state index contributed by atoms with van der Waals surface area (Å²) in [4.78, 5) is 8.30. The zero-order valence-corrected chi connectivity index (χ0v) is 12.0. The van der Waals surface area contributed by atoms with Crippen molar-refractivity contribution in [2.24, 2.45) is 0 Å². The summed E-state index contributed by atoms with van der Waals surface area (Å²) in [5.41, 5.74) is -0.323. The number of halogens is 3. The van der Waals surface area contributed by atoms with Crippen molar-refractivity contribution in [3.8, 4) is 11.6 Å². The van der Waals surface area contributed by atoms with Crippen LogP contribution in [0.4, 0.5) is 8.78 Å². The molecule has 1 aromatic carbocycles. The predicted octanol–water partition coefficient (Wildman–Crippen LogP) is 4.50. The maximum absolute atomic E-state index is 13.1. The lowest BCUT2D eigenvalue weighted by atomic mass is 9.96. The quantitative estimate of drug-likeness (QED) is 0.766. The molecule has 3 nitrogen and oxygen atoms in total. The van der Waals surface area contributed by atoms with Crippen molar-refractivity contribution in [1.29, 1.82) is 0 Å². The van der Waals surface area contributed by atoms with Gasteiger partial charge in [-0.05, 0) is 0 Å².